The van der Waals surface area contributed by atoms with Crippen LogP contribution >= 0.6 is 0 Å². The third-order valence-electron chi connectivity index (χ3n) is 16.0. The molecule has 5 aliphatic rings. The molecule has 1 saturated heterocycles. The molecule has 3 aliphatic carbocycles. The Labute approximate surface area is 413 Å². The van der Waals surface area contributed by atoms with Gasteiger partial charge >= 0.3 is 6.03 Å². The second-order valence-corrected chi connectivity index (χ2v) is 21.1. The Kier molecular flexibility index (Phi) is 12.2. The maximum atomic E-state index is 14.1. The summed E-state index contributed by atoms with van der Waals surface area (Å²) in [5.41, 5.74) is 20.0. The van der Waals surface area contributed by atoms with Gasteiger partial charge < -0.3 is 10.2 Å². The number of carbonyl (C=O) groups excluding carboxylic acids is 3. The minimum absolute atomic E-state index is 0.0631. The SMILES string of the molecule is Cc1cccc(-c2ccc3c(n2)N(C(=O)Nc2cccc(C4=CC=C(CCC(=O)CCCCCCC(=O)c5ccc6c(c5)C(C)CC65c6ccc(C)cc6Cc6cc(C)ccc65)C4)c2)[C@H]2CCN3C2)c1. The molecule has 11 rings (SSSR count). The summed E-state index contributed by atoms with van der Waals surface area (Å²) in [6.45, 7) is 10.5. The van der Waals surface area contributed by atoms with E-state index in [2.05, 4.69) is 147 Å². The summed E-state index contributed by atoms with van der Waals surface area (Å²) < 4.78 is 0. The van der Waals surface area contributed by atoms with E-state index in [0.717, 1.165) is 105 Å². The average Bonchev–Trinajstić information content (AvgIpc) is 4.08. The lowest BCUT2D eigenvalue weighted by atomic mass is 9.63. The van der Waals surface area contributed by atoms with Gasteiger partial charge in [-0.1, -0.05) is 133 Å². The van der Waals surface area contributed by atoms with Crippen molar-refractivity contribution in [1.82, 2.24) is 4.98 Å². The van der Waals surface area contributed by atoms with Crippen LogP contribution in [0.3, 0.4) is 0 Å². The molecule has 6 aromatic rings. The molecule has 2 aliphatic heterocycles. The summed E-state index contributed by atoms with van der Waals surface area (Å²) in [5.74, 6) is 1.59. The molecule has 1 spiro atoms. The van der Waals surface area contributed by atoms with Crippen molar-refractivity contribution in [2.75, 3.05) is 28.2 Å². The third-order valence-corrected chi connectivity index (χ3v) is 16.0. The Morgan fingerprint density at radius 2 is 1.43 bits per heavy atom. The molecule has 1 aromatic heterocycles. The minimum atomic E-state index is -0.186. The molecule has 0 radical (unpaired) electrons. The molecule has 7 nitrogen and oxygen atoms in total. The first-order valence-electron chi connectivity index (χ1n) is 25.8. The van der Waals surface area contributed by atoms with Crippen molar-refractivity contribution in [3.05, 3.63) is 194 Å². The molecule has 0 saturated carbocycles. The van der Waals surface area contributed by atoms with Crippen molar-refractivity contribution in [2.24, 2.45) is 0 Å². The first-order valence-corrected chi connectivity index (χ1v) is 25.8. The third kappa shape index (κ3) is 8.62. The monoisotopic (exact) mass is 924 g/mol. The van der Waals surface area contributed by atoms with E-state index in [0.29, 0.717) is 36.8 Å². The zero-order chi connectivity index (χ0) is 48.1. The number of pyridine rings is 1. The van der Waals surface area contributed by atoms with Crippen molar-refractivity contribution in [3.63, 3.8) is 0 Å². The number of Topliss-reactive ketones (excluding diaryl/α,β-unsaturated/α-hetero) is 2. The Morgan fingerprint density at radius 3 is 2.21 bits per heavy atom. The van der Waals surface area contributed by atoms with Gasteiger partial charge in [0.15, 0.2) is 11.6 Å². The number of hydrogen-bond donors (Lipinski definition) is 1. The highest BCUT2D eigenvalue weighted by atomic mass is 16.2. The lowest BCUT2D eigenvalue weighted by molar-refractivity contribution is -0.119. The summed E-state index contributed by atoms with van der Waals surface area (Å²) in [6, 6.07) is 41.1. The van der Waals surface area contributed by atoms with Gasteiger partial charge in [0.1, 0.15) is 5.78 Å². The average molecular weight is 925 g/mol. The number of urea groups is 1. The highest BCUT2D eigenvalue weighted by Gasteiger charge is 2.49. The van der Waals surface area contributed by atoms with E-state index < -0.39 is 0 Å². The van der Waals surface area contributed by atoms with Crippen LogP contribution in [0.15, 0.2) is 133 Å². The fourth-order valence-electron chi connectivity index (χ4n) is 12.5. The second-order valence-electron chi connectivity index (χ2n) is 21.1. The Bertz CT molecular complexity index is 3090. The van der Waals surface area contributed by atoms with E-state index in [1.807, 2.05) is 23.1 Å². The fourth-order valence-corrected chi connectivity index (χ4v) is 12.5. The fraction of sp³-hybridized carbons (Fsp3) is 0.333. The number of ketones is 2. The number of benzene rings is 5. The summed E-state index contributed by atoms with van der Waals surface area (Å²) in [7, 11) is 0. The highest BCUT2D eigenvalue weighted by Crippen LogP contribution is 2.57. The lowest BCUT2D eigenvalue weighted by Gasteiger charge is -2.40. The van der Waals surface area contributed by atoms with Gasteiger partial charge in [0, 0.05) is 54.6 Å². The van der Waals surface area contributed by atoms with Crippen LogP contribution in [0.2, 0.25) is 0 Å². The summed E-state index contributed by atoms with van der Waals surface area (Å²) >= 11 is 0. The first kappa shape index (κ1) is 45.6. The van der Waals surface area contributed by atoms with Crippen molar-refractivity contribution in [2.45, 2.75) is 122 Å². The number of allylic oxidation sites excluding steroid dienone is 4. The van der Waals surface area contributed by atoms with Gasteiger partial charge in [-0.05, 0) is 153 Å². The molecule has 354 valence electrons. The van der Waals surface area contributed by atoms with Gasteiger partial charge in [0.2, 0.25) is 0 Å². The second kappa shape index (κ2) is 18.8. The predicted octanol–water partition coefficient (Wildman–Crippen LogP) is 14.3. The van der Waals surface area contributed by atoms with Crippen molar-refractivity contribution in [3.8, 4) is 11.3 Å². The van der Waals surface area contributed by atoms with E-state index in [-0.39, 0.29) is 23.3 Å². The summed E-state index contributed by atoms with van der Waals surface area (Å²) in [6.07, 6.45) is 14.0. The van der Waals surface area contributed by atoms with Crippen LogP contribution in [0.5, 0.6) is 0 Å². The molecule has 1 unspecified atom stereocenters. The Hall–Kier alpha value is -6.86. The molecular weight excluding hydrogens is 861 g/mol. The van der Waals surface area contributed by atoms with Crippen molar-refractivity contribution in [1.29, 1.82) is 0 Å². The number of carbonyl (C=O) groups is 3. The van der Waals surface area contributed by atoms with Gasteiger partial charge in [-0.3, -0.25) is 14.5 Å². The van der Waals surface area contributed by atoms with Gasteiger partial charge in [-0.25, -0.2) is 9.78 Å². The Morgan fingerprint density at radius 1 is 0.700 bits per heavy atom. The largest absolute Gasteiger partial charge is 0.366 e. The lowest BCUT2D eigenvalue weighted by Crippen LogP contribution is -2.48. The predicted molar refractivity (Wildman–Crippen MR) is 284 cm³/mol. The molecule has 2 amide bonds. The molecule has 5 aromatic carbocycles. The quantitative estimate of drug-likeness (QED) is 0.0869. The van der Waals surface area contributed by atoms with E-state index in [9.17, 15) is 14.4 Å². The maximum absolute atomic E-state index is 14.1. The van der Waals surface area contributed by atoms with Crippen LogP contribution in [0.4, 0.5) is 22.0 Å². The molecule has 2 bridgehead atoms. The van der Waals surface area contributed by atoms with E-state index in [1.54, 1.807) is 0 Å². The number of anilines is 3. The van der Waals surface area contributed by atoms with Crippen LogP contribution in [0, 0.1) is 20.8 Å². The smallest absolute Gasteiger partial charge is 0.327 e. The first-order chi connectivity index (χ1) is 34.0. The molecule has 1 N–H and O–H groups in total. The van der Waals surface area contributed by atoms with Crippen molar-refractivity contribution >= 4 is 40.4 Å². The summed E-state index contributed by atoms with van der Waals surface area (Å²) in [5, 5.41) is 3.21. The van der Waals surface area contributed by atoms with Crippen molar-refractivity contribution < 1.29 is 14.4 Å². The number of unbranched alkanes of at least 4 members (excludes halogenated alkanes) is 3. The van der Waals surface area contributed by atoms with Crippen LogP contribution in [0.25, 0.3) is 16.8 Å². The van der Waals surface area contributed by atoms with Gasteiger partial charge in [0.25, 0.3) is 0 Å². The molecule has 3 heterocycles. The summed E-state index contributed by atoms with van der Waals surface area (Å²) in [4.78, 5) is 50.0. The number of fused-ring (bicyclic) bond motifs is 10. The molecule has 70 heavy (non-hydrogen) atoms. The number of amides is 2. The van der Waals surface area contributed by atoms with Crippen LogP contribution in [-0.2, 0) is 16.6 Å². The van der Waals surface area contributed by atoms with E-state index >= 15 is 0 Å². The van der Waals surface area contributed by atoms with Gasteiger partial charge in [0.05, 0.1) is 17.4 Å². The minimum Gasteiger partial charge on any atom is -0.366 e. The Balaban J connectivity index is 0.633. The number of aromatic nitrogens is 1. The van der Waals surface area contributed by atoms with Crippen LogP contribution < -0.4 is 15.1 Å². The number of rotatable bonds is 14. The number of nitrogens with one attached hydrogen (secondary N) is 1. The zero-order valence-electron chi connectivity index (χ0n) is 41.2. The number of aryl methyl sites for hydroxylation is 3. The van der Waals surface area contributed by atoms with Gasteiger partial charge in [-0.2, -0.15) is 0 Å². The molecule has 2 atom stereocenters. The molecular formula is C63H64N4O3. The molecule has 7 heteroatoms. The normalized spacial score (nSPS) is 17.9. The van der Waals surface area contributed by atoms with Crippen LogP contribution in [-0.4, -0.2) is 41.7 Å². The number of hydrogen-bond acceptors (Lipinski definition) is 5. The standard InChI is InChI=1S/C63H64N4O3/c1-40-11-9-13-47(31-40)58-27-28-59-61(65-58)67(52-29-30-66(59)39-52)62(70)64-51-14-10-12-45(36-51)46-21-19-44(34-46)20-23-53(68)15-7-5-6-8-16-60(69)48-22-26-57-54(37-48)43(4)38-63(57)55-24-17-41(2)32-49(55)35-50-33-42(3)18-25-56(50)63/h9-14,17-19,21-22,24-28,31-33,36-37,43,52H,5-8,15-16,20,23,29-30,34-35,38-39H2,1-4H3,(H,64,70)/t43?,52-/m0/s1. The highest BCUT2D eigenvalue weighted by molar-refractivity contribution is 6.05. The topological polar surface area (TPSA) is 82.6 Å². The van der Waals surface area contributed by atoms with E-state index in [4.69, 9.17) is 4.98 Å². The number of nitrogens with zero attached hydrogens (tertiary/aromatic N) is 3. The zero-order valence-corrected chi connectivity index (χ0v) is 41.2. The van der Waals surface area contributed by atoms with Crippen LogP contribution in [0.1, 0.15) is 149 Å². The van der Waals surface area contributed by atoms with Gasteiger partial charge in [-0.15, -0.1) is 0 Å². The maximum Gasteiger partial charge on any atom is 0.327 e. The van der Waals surface area contributed by atoms with E-state index in [1.165, 1.54) is 61.2 Å². The molecule has 1 fully saturated rings.